The Morgan fingerprint density at radius 1 is 1.32 bits per heavy atom. The lowest BCUT2D eigenvalue weighted by Crippen LogP contribution is -2.48. The molecule has 25 heavy (non-hydrogen) atoms. The van der Waals surface area contributed by atoms with Crippen molar-refractivity contribution in [2.75, 3.05) is 19.8 Å². The number of hydrogen-bond donors (Lipinski definition) is 0. The van der Waals surface area contributed by atoms with Crippen LogP contribution in [0.5, 0.6) is 0 Å². The lowest BCUT2D eigenvalue weighted by Gasteiger charge is -2.29. The molecule has 0 spiro atoms. The van der Waals surface area contributed by atoms with Gasteiger partial charge in [0.15, 0.2) is 0 Å². The molecule has 2 atom stereocenters. The van der Waals surface area contributed by atoms with Crippen LogP contribution in [-0.4, -0.2) is 48.8 Å². The fraction of sp³-hybridized carbons (Fsp3) is 0.529. The Kier molecular flexibility index (Phi) is 5.53. The van der Waals surface area contributed by atoms with Crippen molar-refractivity contribution in [1.29, 1.82) is 0 Å². The highest BCUT2D eigenvalue weighted by Gasteiger charge is 2.42. The number of imide groups is 1. The number of benzene rings is 1. The first-order chi connectivity index (χ1) is 12.2. The predicted molar refractivity (Wildman–Crippen MR) is 88.6 cm³/mol. The second-order valence-corrected chi connectivity index (χ2v) is 6.23. The van der Waals surface area contributed by atoms with E-state index in [1.54, 1.807) is 0 Å². The average Bonchev–Trinajstić information content (AvgIpc) is 3.01. The van der Waals surface area contributed by atoms with Crippen molar-refractivity contribution in [2.45, 2.75) is 31.3 Å². The van der Waals surface area contributed by atoms with Crippen molar-refractivity contribution < 1.29 is 19.1 Å². The number of cyclic esters (lactones) is 1. The Morgan fingerprint density at radius 2 is 2.04 bits per heavy atom. The summed E-state index contributed by atoms with van der Waals surface area (Å²) in [5.41, 5.74) is 9.88. The molecule has 2 aliphatic rings. The lowest BCUT2D eigenvalue weighted by atomic mass is 9.91. The molecular weight excluding hydrogens is 324 g/mol. The van der Waals surface area contributed by atoms with E-state index in [1.165, 1.54) is 0 Å². The highest BCUT2D eigenvalue weighted by molar-refractivity contribution is 5.96. The van der Waals surface area contributed by atoms with Crippen molar-refractivity contribution >= 4 is 12.0 Å². The fourth-order valence-electron chi connectivity index (χ4n) is 3.34. The quantitative estimate of drug-likeness (QED) is 0.465. The summed E-state index contributed by atoms with van der Waals surface area (Å²) in [6.45, 7) is 1.19. The van der Waals surface area contributed by atoms with E-state index in [4.69, 9.17) is 15.0 Å². The largest absolute Gasteiger partial charge is 0.447 e. The van der Waals surface area contributed by atoms with Gasteiger partial charge in [-0.3, -0.25) is 4.79 Å². The topological polar surface area (TPSA) is 105 Å². The van der Waals surface area contributed by atoms with Gasteiger partial charge in [-0.05, 0) is 36.3 Å². The molecule has 8 nitrogen and oxygen atoms in total. The zero-order valence-corrected chi connectivity index (χ0v) is 13.8. The first-order valence-corrected chi connectivity index (χ1v) is 8.36. The van der Waals surface area contributed by atoms with Gasteiger partial charge in [-0.25, -0.2) is 9.69 Å². The Bertz CT molecular complexity index is 668. The van der Waals surface area contributed by atoms with Crippen molar-refractivity contribution in [1.82, 2.24) is 4.90 Å². The molecule has 0 bridgehead atoms. The lowest BCUT2D eigenvalue weighted by molar-refractivity contribution is -0.132. The van der Waals surface area contributed by atoms with Crippen molar-refractivity contribution in [3.05, 3.63) is 46.3 Å². The standard InChI is InChI=1S/C17H20N4O4/c18-20-19-15(13-6-8-24-9-7-13)16(22)21-14(11-25-17(21)23)10-12-4-2-1-3-5-12/h1-5,13-15H,6-11H2/t14-,15-/m1/s1. The van der Waals surface area contributed by atoms with E-state index in [-0.39, 0.29) is 12.5 Å². The Morgan fingerprint density at radius 3 is 2.72 bits per heavy atom. The summed E-state index contributed by atoms with van der Waals surface area (Å²) in [5, 5.41) is 3.69. The monoisotopic (exact) mass is 344 g/mol. The minimum Gasteiger partial charge on any atom is -0.447 e. The van der Waals surface area contributed by atoms with Crippen LogP contribution in [-0.2, 0) is 20.7 Å². The van der Waals surface area contributed by atoms with Gasteiger partial charge in [-0.1, -0.05) is 35.4 Å². The Hall–Kier alpha value is -2.57. The van der Waals surface area contributed by atoms with E-state index >= 15 is 0 Å². The van der Waals surface area contributed by atoms with Crippen molar-refractivity contribution in [3.63, 3.8) is 0 Å². The van der Waals surface area contributed by atoms with Gasteiger partial charge in [0.25, 0.3) is 0 Å². The molecule has 2 heterocycles. The maximum Gasteiger partial charge on any atom is 0.416 e. The number of nitrogens with zero attached hydrogens (tertiary/aromatic N) is 4. The molecule has 0 aliphatic carbocycles. The first-order valence-electron chi connectivity index (χ1n) is 8.36. The van der Waals surface area contributed by atoms with E-state index in [0.717, 1.165) is 10.5 Å². The summed E-state index contributed by atoms with van der Waals surface area (Å²) in [4.78, 5) is 29.0. The van der Waals surface area contributed by atoms with Gasteiger partial charge in [0, 0.05) is 18.1 Å². The number of amides is 2. The highest BCUT2D eigenvalue weighted by Crippen LogP contribution is 2.26. The minimum absolute atomic E-state index is 0.122. The molecule has 0 radical (unpaired) electrons. The fourth-order valence-corrected chi connectivity index (χ4v) is 3.34. The van der Waals surface area contributed by atoms with E-state index in [1.807, 2.05) is 30.3 Å². The van der Waals surface area contributed by atoms with Crippen LogP contribution in [0.1, 0.15) is 18.4 Å². The molecule has 2 amide bonds. The highest BCUT2D eigenvalue weighted by atomic mass is 16.6. The third-order valence-electron chi connectivity index (χ3n) is 4.65. The summed E-state index contributed by atoms with van der Waals surface area (Å²) in [5.74, 6) is -0.601. The van der Waals surface area contributed by atoms with Crippen molar-refractivity contribution in [3.8, 4) is 0 Å². The molecule has 0 aromatic heterocycles. The predicted octanol–water partition coefficient (Wildman–Crippen LogP) is 2.68. The van der Waals surface area contributed by atoms with Gasteiger partial charge >= 0.3 is 6.09 Å². The maximum absolute atomic E-state index is 13.0. The van der Waals surface area contributed by atoms with Crippen LogP contribution in [0.15, 0.2) is 35.4 Å². The normalized spacial score (nSPS) is 22.2. The summed E-state index contributed by atoms with van der Waals surface area (Å²) >= 11 is 0. The average molecular weight is 344 g/mol. The Labute approximate surface area is 145 Å². The summed E-state index contributed by atoms with van der Waals surface area (Å²) in [6, 6.07) is 8.31. The zero-order chi connectivity index (χ0) is 17.6. The molecule has 3 rings (SSSR count). The molecule has 0 unspecified atom stereocenters. The van der Waals surface area contributed by atoms with Crippen LogP contribution >= 0.6 is 0 Å². The number of ether oxygens (including phenoxy) is 2. The molecule has 1 aromatic carbocycles. The van der Waals surface area contributed by atoms with Crippen LogP contribution in [0.4, 0.5) is 4.79 Å². The van der Waals surface area contributed by atoms with Crippen LogP contribution < -0.4 is 0 Å². The van der Waals surface area contributed by atoms with Gasteiger partial charge in [0.2, 0.25) is 5.91 Å². The van der Waals surface area contributed by atoms with Gasteiger partial charge in [-0.2, -0.15) is 0 Å². The third kappa shape index (κ3) is 3.92. The van der Waals surface area contributed by atoms with Gasteiger partial charge < -0.3 is 9.47 Å². The molecule has 1 aromatic rings. The van der Waals surface area contributed by atoms with Crippen LogP contribution in [0.25, 0.3) is 10.4 Å². The van der Waals surface area contributed by atoms with Gasteiger partial charge in [-0.15, -0.1) is 0 Å². The zero-order valence-electron chi connectivity index (χ0n) is 13.8. The van der Waals surface area contributed by atoms with E-state index in [9.17, 15) is 9.59 Å². The first kappa shape index (κ1) is 17.3. The molecular formula is C17H20N4O4. The number of rotatable bonds is 5. The van der Waals surface area contributed by atoms with E-state index in [2.05, 4.69) is 10.0 Å². The molecule has 2 aliphatic heterocycles. The molecule has 132 valence electrons. The molecule has 8 heteroatoms. The van der Waals surface area contributed by atoms with Crippen LogP contribution in [0.2, 0.25) is 0 Å². The Balaban J connectivity index is 1.78. The number of carbonyl (C=O) groups is 2. The van der Waals surface area contributed by atoms with Crippen LogP contribution in [0, 0.1) is 5.92 Å². The number of azide groups is 1. The molecule has 2 saturated heterocycles. The summed E-state index contributed by atoms with van der Waals surface area (Å²) < 4.78 is 10.4. The van der Waals surface area contributed by atoms with E-state index in [0.29, 0.717) is 32.5 Å². The number of hydrogen-bond acceptors (Lipinski definition) is 5. The third-order valence-corrected chi connectivity index (χ3v) is 4.65. The number of carbonyl (C=O) groups excluding carboxylic acids is 2. The van der Waals surface area contributed by atoms with Crippen LogP contribution in [0.3, 0.4) is 0 Å². The SMILES string of the molecule is [N-]=[N+]=N[C@@H](C(=O)N1C(=O)OC[C@H]1Cc1ccccc1)C1CCOCC1. The second-order valence-electron chi connectivity index (χ2n) is 6.23. The molecule has 2 fully saturated rings. The smallest absolute Gasteiger partial charge is 0.416 e. The van der Waals surface area contributed by atoms with E-state index < -0.39 is 24.1 Å². The van der Waals surface area contributed by atoms with Gasteiger partial charge in [0.05, 0.1) is 6.04 Å². The van der Waals surface area contributed by atoms with Crippen molar-refractivity contribution in [2.24, 2.45) is 11.0 Å². The molecule has 0 saturated carbocycles. The van der Waals surface area contributed by atoms with Gasteiger partial charge in [0.1, 0.15) is 12.6 Å². The molecule has 0 N–H and O–H groups in total. The summed E-state index contributed by atoms with van der Waals surface area (Å²) in [6.07, 6.45) is 1.09. The summed E-state index contributed by atoms with van der Waals surface area (Å²) in [7, 11) is 0. The maximum atomic E-state index is 13.0. The second kappa shape index (κ2) is 8.00. The minimum atomic E-state index is -0.905.